The quantitative estimate of drug-likeness (QED) is 0.849. The molecular formula is C19H18N2O4. The van der Waals surface area contributed by atoms with Crippen LogP contribution in [0, 0.1) is 0 Å². The third-order valence-electron chi connectivity index (χ3n) is 3.94. The van der Waals surface area contributed by atoms with Crippen LogP contribution in [0.25, 0.3) is 0 Å². The molecule has 2 aromatic carbocycles. The van der Waals surface area contributed by atoms with Crippen LogP contribution in [0.15, 0.2) is 65.9 Å². The van der Waals surface area contributed by atoms with E-state index in [1.165, 1.54) is 12.0 Å². The van der Waals surface area contributed by atoms with Crippen molar-refractivity contribution < 1.29 is 19.1 Å². The van der Waals surface area contributed by atoms with Crippen molar-refractivity contribution in [1.82, 2.24) is 0 Å². The van der Waals surface area contributed by atoms with Gasteiger partial charge in [-0.2, -0.15) is 0 Å². The predicted molar refractivity (Wildman–Crippen MR) is 94.5 cm³/mol. The van der Waals surface area contributed by atoms with Crippen LogP contribution < -0.4 is 15.0 Å². The van der Waals surface area contributed by atoms with Crippen LogP contribution in [-0.4, -0.2) is 32.6 Å². The molecule has 0 unspecified atom stereocenters. The summed E-state index contributed by atoms with van der Waals surface area (Å²) in [6.45, 7) is 0.146. The van der Waals surface area contributed by atoms with Gasteiger partial charge < -0.3 is 19.7 Å². The molecule has 1 aliphatic heterocycles. The van der Waals surface area contributed by atoms with Gasteiger partial charge in [0.1, 0.15) is 11.4 Å². The average molecular weight is 338 g/mol. The number of hydrogen-bond donors (Lipinski definition) is 1. The molecular weight excluding hydrogens is 320 g/mol. The normalized spacial score (nSPS) is 13.8. The smallest absolute Gasteiger partial charge is 0.337 e. The lowest BCUT2D eigenvalue weighted by Gasteiger charge is -2.17. The van der Waals surface area contributed by atoms with E-state index in [9.17, 15) is 9.59 Å². The number of nitrogens with one attached hydrogen (secondary N) is 1. The number of carbonyl (C=O) groups is 2. The van der Waals surface area contributed by atoms with Crippen molar-refractivity contribution in [1.29, 1.82) is 0 Å². The molecule has 1 heterocycles. The van der Waals surface area contributed by atoms with E-state index in [1.807, 2.05) is 30.3 Å². The van der Waals surface area contributed by atoms with Crippen molar-refractivity contribution in [3.8, 4) is 5.75 Å². The number of carbonyl (C=O) groups excluding carboxylic acids is 2. The molecule has 0 fully saturated rings. The maximum absolute atomic E-state index is 12.9. The number of methoxy groups -OCH3 is 2. The van der Waals surface area contributed by atoms with E-state index in [4.69, 9.17) is 9.47 Å². The zero-order chi connectivity index (χ0) is 17.8. The molecule has 1 amide bonds. The van der Waals surface area contributed by atoms with Gasteiger partial charge in [0.2, 0.25) is 0 Å². The topological polar surface area (TPSA) is 67.9 Å². The van der Waals surface area contributed by atoms with Gasteiger partial charge in [-0.1, -0.05) is 18.2 Å². The fourth-order valence-electron chi connectivity index (χ4n) is 2.63. The summed E-state index contributed by atoms with van der Waals surface area (Å²) in [5, 5.41) is 3.04. The van der Waals surface area contributed by atoms with Crippen molar-refractivity contribution in [2.24, 2.45) is 0 Å². The summed E-state index contributed by atoms with van der Waals surface area (Å²) in [5.41, 5.74) is 1.93. The zero-order valence-corrected chi connectivity index (χ0v) is 14.0. The maximum Gasteiger partial charge on any atom is 0.337 e. The Morgan fingerprint density at radius 1 is 1.04 bits per heavy atom. The Hall–Kier alpha value is -3.28. The zero-order valence-electron chi connectivity index (χ0n) is 14.0. The Labute approximate surface area is 145 Å². The highest BCUT2D eigenvalue weighted by Crippen LogP contribution is 2.28. The Kier molecular flexibility index (Phi) is 4.70. The third-order valence-corrected chi connectivity index (χ3v) is 3.94. The van der Waals surface area contributed by atoms with E-state index in [2.05, 4.69) is 5.32 Å². The highest BCUT2D eigenvalue weighted by molar-refractivity contribution is 6.16. The molecule has 0 atom stereocenters. The van der Waals surface area contributed by atoms with Crippen LogP contribution in [0.3, 0.4) is 0 Å². The second kappa shape index (κ2) is 7.09. The highest BCUT2D eigenvalue weighted by Gasteiger charge is 2.35. The summed E-state index contributed by atoms with van der Waals surface area (Å²) in [6.07, 6.45) is 0. The molecule has 0 aromatic heterocycles. The Bertz CT molecular complexity index is 813. The molecule has 6 nitrogen and oxygen atoms in total. The lowest BCUT2D eigenvalue weighted by Crippen LogP contribution is -2.28. The van der Waals surface area contributed by atoms with E-state index in [0.717, 1.165) is 5.69 Å². The largest absolute Gasteiger partial charge is 0.497 e. The fourth-order valence-corrected chi connectivity index (χ4v) is 2.63. The van der Waals surface area contributed by atoms with Gasteiger partial charge in [0.25, 0.3) is 5.91 Å². The number of anilines is 2. The second-order valence-corrected chi connectivity index (χ2v) is 5.43. The first-order valence-corrected chi connectivity index (χ1v) is 7.73. The molecule has 2 aromatic rings. The van der Waals surface area contributed by atoms with Crippen LogP contribution in [0.4, 0.5) is 11.4 Å². The van der Waals surface area contributed by atoms with Crippen molar-refractivity contribution in [2.75, 3.05) is 31.0 Å². The molecule has 0 spiro atoms. The summed E-state index contributed by atoms with van der Waals surface area (Å²) >= 11 is 0. The maximum atomic E-state index is 12.9. The number of ether oxygens (including phenoxy) is 2. The molecule has 0 aliphatic carbocycles. The standard InChI is InChI=1S/C19H18N2O4/c1-24-15-10-8-14(9-11-15)21-12-16(19(23)25-2)17(18(21)22)20-13-6-4-3-5-7-13/h3-11,20H,12H2,1-2H3. The summed E-state index contributed by atoms with van der Waals surface area (Å²) in [4.78, 5) is 26.5. The monoisotopic (exact) mass is 338 g/mol. The second-order valence-electron chi connectivity index (χ2n) is 5.43. The molecule has 0 saturated heterocycles. The van der Waals surface area contributed by atoms with Crippen molar-refractivity contribution in [3.05, 3.63) is 65.9 Å². The van der Waals surface area contributed by atoms with Gasteiger partial charge in [-0.25, -0.2) is 4.79 Å². The predicted octanol–water partition coefficient (Wildman–Crippen LogP) is 2.58. The molecule has 3 rings (SSSR count). The van der Waals surface area contributed by atoms with Crippen molar-refractivity contribution in [3.63, 3.8) is 0 Å². The number of hydrogen-bond acceptors (Lipinski definition) is 5. The van der Waals surface area contributed by atoms with Crippen molar-refractivity contribution in [2.45, 2.75) is 0 Å². The van der Waals surface area contributed by atoms with Crippen LogP contribution in [0.1, 0.15) is 0 Å². The summed E-state index contributed by atoms with van der Waals surface area (Å²) in [7, 11) is 2.88. The van der Waals surface area contributed by atoms with Gasteiger partial charge >= 0.3 is 5.97 Å². The molecule has 0 bridgehead atoms. The van der Waals surface area contributed by atoms with Gasteiger partial charge in [0.15, 0.2) is 0 Å². The van der Waals surface area contributed by atoms with Gasteiger partial charge in [0.05, 0.1) is 26.3 Å². The van der Waals surface area contributed by atoms with Gasteiger partial charge in [0, 0.05) is 11.4 Å². The molecule has 1 N–H and O–H groups in total. The lowest BCUT2D eigenvalue weighted by atomic mass is 10.2. The van der Waals surface area contributed by atoms with E-state index in [-0.39, 0.29) is 18.1 Å². The number of amides is 1. The first kappa shape index (κ1) is 16.6. The molecule has 0 radical (unpaired) electrons. The number of para-hydroxylation sites is 1. The number of esters is 1. The van der Waals surface area contributed by atoms with Gasteiger partial charge in [-0.05, 0) is 36.4 Å². The first-order valence-electron chi connectivity index (χ1n) is 7.73. The first-order chi connectivity index (χ1) is 12.1. The van der Waals surface area contributed by atoms with Crippen LogP contribution in [0.5, 0.6) is 5.75 Å². The van der Waals surface area contributed by atoms with Crippen LogP contribution in [0.2, 0.25) is 0 Å². The average Bonchev–Trinajstić information content (AvgIpc) is 2.98. The van der Waals surface area contributed by atoms with Gasteiger partial charge in [-0.15, -0.1) is 0 Å². The summed E-state index contributed by atoms with van der Waals surface area (Å²) in [6, 6.07) is 16.3. The van der Waals surface area contributed by atoms with Gasteiger partial charge in [-0.3, -0.25) is 4.79 Å². The minimum absolute atomic E-state index is 0.146. The van der Waals surface area contributed by atoms with E-state index >= 15 is 0 Å². The molecule has 0 saturated carbocycles. The number of benzene rings is 2. The molecule has 1 aliphatic rings. The Morgan fingerprint density at radius 3 is 2.32 bits per heavy atom. The Morgan fingerprint density at radius 2 is 1.72 bits per heavy atom. The highest BCUT2D eigenvalue weighted by atomic mass is 16.5. The summed E-state index contributed by atoms with van der Waals surface area (Å²) in [5.74, 6) is -0.114. The molecule has 6 heteroatoms. The van der Waals surface area contributed by atoms with Crippen LogP contribution in [-0.2, 0) is 14.3 Å². The SMILES string of the molecule is COC(=O)C1=C(Nc2ccccc2)C(=O)N(c2ccc(OC)cc2)C1. The minimum Gasteiger partial charge on any atom is -0.497 e. The Balaban J connectivity index is 1.91. The van der Waals surface area contributed by atoms with Crippen LogP contribution >= 0.6 is 0 Å². The minimum atomic E-state index is -0.525. The lowest BCUT2D eigenvalue weighted by molar-refractivity contribution is -0.136. The van der Waals surface area contributed by atoms with E-state index in [1.54, 1.807) is 31.4 Å². The molecule has 128 valence electrons. The van der Waals surface area contributed by atoms with Crippen molar-refractivity contribution >= 4 is 23.3 Å². The number of nitrogens with zero attached hydrogens (tertiary/aromatic N) is 1. The number of rotatable bonds is 5. The molecule has 25 heavy (non-hydrogen) atoms. The third kappa shape index (κ3) is 3.33. The fraction of sp³-hybridized carbons (Fsp3) is 0.158. The summed E-state index contributed by atoms with van der Waals surface area (Å²) < 4.78 is 9.97. The van der Waals surface area contributed by atoms with E-state index in [0.29, 0.717) is 17.0 Å². The van der Waals surface area contributed by atoms with E-state index < -0.39 is 5.97 Å².